The van der Waals surface area contributed by atoms with E-state index in [0.29, 0.717) is 5.56 Å². The van der Waals surface area contributed by atoms with Crippen LogP contribution in [0.2, 0.25) is 0 Å². The van der Waals surface area contributed by atoms with Crippen molar-refractivity contribution in [1.82, 2.24) is 5.01 Å². The molecule has 0 aliphatic rings. The summed E-state index contributed by atoms with van der Waals surface area (Å²) in [6.45, 7) is 5.65. The fourth-order valence-electron chi connectivity index (χ4n) is 1.18. The quantitative estimate of drug-likeness (QED) is 0.471. The smallest absolute Gasteiger partial charge is 0.268 e. The summed E-state index contributed by atoms with van der Waals surface area (Å²) < 4.78 is 5.02. The van der Waals surface area contributed by atoms with Crippen LogP contribution in [-0.4, -0.2) is 23.6 Å². The largest absolute Gasteiger partial charge is 0.497 e. The highest BCUT2D eigenvalue weighted by atomic mass is 16.5. The van der Waals surface area contributed by atoms with Gasteiger partial charge in [-0.3, -0.25) is 9.80 Å². The van der Waals surface area contributed by atoms with Crippen LogP contribution in [0.1, 0.15) is 31.1 Å². The fourth-order valence-corrected chi connectivity index (χ4v) is 1.18. The Hall–Kier alpha value is -1.55. The van der Waals surface area contributed by atoms with Crippen molar-refractivity contribution in [3.63, 3.8) is 0 Å². The molecular weight excluding hydrogens is 204 g/mol. The number of hydrogen-bond acceptors (Lipinski definition) is 3. The average Bonchev–Trinajstić information content (AvgIpc) is 2.26. The molecule has 0 aliphatic heterocycles. The minimum atomic E-state index is -0.392. The van der Waals surface area contributed by atoms with E-state index in [-0.39, 0.29) is 5.91 Å². The van der Waals surface area contributed by atoms with Crippen molar-refractivity contribution in [3.8, 4) is 5.75 Å². The lowest BCUT2D eigenvalue weighted by molar-refractivity contribution is 0.0582. The predicted molar refractivity (Wildman–Crippen MR) is 63.1 cm³/mol. The number of hydrazine groups is 1. The molecule has 1 rings (SSSR count). The Kier molecular flexibility index (Phi) is 3.55. The number of hydrogen-bond donors (Lipinski definition) is 1. The molecule has 0 heterocycles. The molecule has 0 saturated heterocycles. The zero-order chi connectivity index (χ0) is 12.3. The second-order valence-electron chi connectivity index (χ2n) is 4.57. The molecule has 0 unspecified atom stereocenters. The molecule has 1 aromatic rings. The first-order valence-corrected chi connectivity index (χ1v) is 5.09. The van der Waals surface area contributed by atoms with E-state index in [1.807, 2.05) is 20.8 Å². The molecule has 2 N–H and O–H groups in total. The highest BCUT2D eigenvalue weighted by molar-refractivity contribution is 5.94. The number of nitrogens with two attached hydrogens (primary N) is 1. The number of nitrogens with zero attached hydrogens (tertiary/aromatic N) is 1. The first-order valence-electron chi connectivity index (χ1n) is 5.09. The summed E-state index contributed by atoms with van der Waals surface area (Å²) in [7, 11) is 1.58. The normalized spacial score (nSPS) is 11.1. The maximum atomic E-state index is 12.0. The van der Waals surface area contributed by atoms with Gasteiger partial charge in [-0.1, -0.05) is 0 Å². The van der Waals surface area contributed by atoms with E-state index in [2.05, 4.69) is 0 Å². The number of methoxy groups -OCH3 is 1. The molecule has 0 fully saturated rings. The van der Waals surface area contributed by atoms with Crippen molar-refractivity contribution in [2.45, 2.75) is 26.3 Å². The summed E-state index contributed by atoms with van der Waals surface area (Å²) >= 11 is 0. The van der Waals surface area contributed by atoms with Gasteiger partial charge in [-0.05, 0) is 45.0 Å². The second-order valence-corrected chi connectivity index (χ2v) is 4.57. The van der Waals surface area contributed by atoms with Gasteiger partial charge in [0.1, 0.15) is 5.75 Å². The number of carbonyl (C=O) groups excluding carboxylic acids is 1. The number of amides is 1. The standard InChI is InChI=1S/C12H18N2O2/c1-12(2,3)14(13)11(15)9-5-7-10(16-4)8-6-9/h5-8H,13H2,1-4H3. The Balaban J connectivity index is 2.88. The Morgan fingerprint density at radius 2 is 1.75 bits per heavy atom. The topological polar surface area (TPSA) is 55.6 Å². The van der Waals surface area contributed by atoms with E-state index in [9.17, 15) is 4.79 Å². The molecule has 0 radical (unpaired) electrons. The van der Waals surface area contributed by atoms with Crippen molar-refractivity contribution in [3.05, 3.63) is 29.8 Å². The van der Waals surface area contributed by atoms with Gasteiger partial charge in [0.15, 0.2) is 0 Å². The van der Waals surface area contributed by atoms with Crippen LogP contribution in [0.4, 0.5) is 0 Å². The summed E-state index contributed by atoms with van der Waals surface area (Å²) in [6.07, 6.45) is 0. The van der Waals surface area contributed by atoms with Crippen LogP contribution in [0, 0.1) is 0 Å². The molecule has 0 aromatic heterocycles. The Bertz CT molecular complexity index is 366. The van der Waals surface area contributed by atoms with E-state index in [1.165, 1.54) is 5.01 Å². The van der Waals surface area contributed by atoms with Crippen LogP contribution in [0.25, 0.3) is 0 Å². The zero-order valence-corrected chi connectivity index (χ0v) is 10.2. The van der Waals surface area contributed by atoms with Gasteiger partial charge in [0.2, 0.25) is 0 Å². The van der Waals surface area contributed by atoms with Crippen LogP contribution in [0.15, 0.2) is 24.3 Å². The molecular formula is C12H18N2O2. The van der Waals surface area contributed by atoms with E-state index in [1.54, 1.807) is 31.4 Å². The number of carbonyl (C=O) groups is 1. The van der Waals surface area contributed by atoms with E-state index >= 15 is 0 Å². The molecule has 4 nitrogen and oxygen atoms in total. The molecule has 0 bridgehead atoms. The average molecular weight is 222 g/mol. The second kappa shape index (κ2) is 4.53. The van der Waals surface area contributed by atoms with Crippen molar-refractivity contribution in [2.75, 3.05) is 7.11 Å². The summed E-state index contributed by atoms with van der Waals surface area (Å²) in [5.41, 5.74) is 0.162. The van der Waals surface area contributed by atoms with Crippen molar-refractivity contribution in [1.29, 1.82) is 0 Å². The van der Waals surface area contributed by atoms with Crippen molar-refractivity contribution >= 4 is 5.91 Å². The van der Waals surface area contributed by atoms with Crippen molar-refractivity contribution in [2.24, 2.45) is 5.84 Å². The van der Waals surface area contributed by atoms with Gasteiger partial charge in [-0.25, -0.2) is 5.84 Å². The number of rotatable bonds is 2. The maximum Gasteiger partial charge on any atom is 0.268 e. The molecule has 0 atom stereocenters. The van der Waals surface area contributed by atoms with Crippen LogP contribution < -0.4 is 10.6 Å². The molecule has 16 heavy (non-hydrogen) atoms. The molecule has 88 valence electrons. The van der Waals surface area contributed by atoms with Crippen LogP contribution >= 0.6 is 0 Å². The third kappa shape index (κ3) is 2.73. The molecule has 4 heteroatoms. The third-order valence-electron chi connectivity index (χ3n) is 2.28. The van der Waals surface area contributed by atoms with Crippen molar-refractivity contribution < 1.29 is 9.53 Å². The molecule has 1 aromatic carbocycles. The Morgan fingerprint density at radius 3 is 2.12 bits per heavy atom. The maximum absolute atomic E-state index is 12.0. The Labute approximate surface area is 96.0 Å². The molecule has 1 amide bonds. The Morgan fingerprint density at radius 1 is 1.25 bits per heavy atom. The van der Waals surface area contributed by atoms with Gasteiger partial charge in [0, 0.05) is 5.56 Å². The molecule has 0 aliphatic carbocycles. The zero-order valence-electron chi connectivity index (χ0n) is 10.2. The lowest BCUT2D eigenvalue weighted by atomic mass is 10.1. The van der Waals surface area contributed by atoms with Crippen LogP contribution in [-0.2, 0) is 0 Å². The molecule has 0 saturated carbocycles. The monoisotopic (exact) mass is 222 g/mol. The highest BCUT2D eigenvalue weighted by Crippen LogP contribution is 2.16. The van der Waals surface area contributed by atoms with Gasteiger partial charge >= 0.3 is 0 Å². The number of benzene rings is 1. The van der Waals surface area contributed by atoms with Gasteiger partial charge in [-0.2, -0.15) is 0 Å². The van der Waals surface area contributed by atoms with Gasteiger partial charge in [0.05, 0.1) is 12.6 Å². The number of ether oxygens (including phenoxy) is 1. The van der Waals surface area contributed by atoms with E-state index in [0.717, 1.165) is 5.75 Å². The SMILES string of the molecule is COc1ccc(C(=O)N(N)C(C)(C)C)cc1. The first-order chi connectivity index (χ1) is 7.36. The van der Waals surface area contributed by atoms with E-state index in [4.69, 9.17) is 10.6 Å². The van der Waals surface area contributed by atoms with Crippen LogP contribution in [0.5, 0.6) is 5.75 Å². The van der Waals surface area contributed by atoms with Crippen LogP contribution in [0.3, 0.4) is 0 Å². The summed E-state index contributed by atoms with van der Waals surface area (Å²) in [4.78, 5) is 12.0. The highest BCUT2D eigenvalue weighted by Gasteiger charge is 2.24. The van der Waals surface area contributed by atoms with Gasteiger partial charge in [0.25, 0.3) is 5.91 Å². The molecule has 0 spiro atoms. The summed E-state index contributed by atoms with van der Waals surface area (Å²) in [5.74, 6) is 6.27. The first kappa shape index (κ1) is 12.5. The lowest BCUT2D eigenvalue weighted by Crippen LogP contribution is -2.50. The van der Waals surface area contributed by atoms with Gasteiger partial charge < -0.3 is 4.74 Å². The fraction of sp³-hybridized carbons (Fsp3) is 0.417. The summed E-state index contributed by atoms with van der Waals surface area (Å²) in [6, 6.07) is 6.88. The third-order valence-corrected chi connectivity index (χ3v) is 2.28. The predicted octanol–water partition coefficient (Wildman–Crippen LogP) is 1.81. The summed E-state index contributed by atoms with van der Waals surface area (Å²) in [5, 5.41) is 1.23. The lowest BCUT2D eigenvalue weighted by Gasteiger charge is -2.31. The minimum absolute atomic E-state index is 0.199. The van der Waals surface area contributed by atoms with E-state index < -0.39 is 5.54 Å². The minimum Gasteiger partial charge on any atom is -0.497 e. The van der Waals surface area contributed by atoms with Gasteiger partial charge in [-0.15, -0.1) is 0 Å².